The number of hydrogen-bond acceptors (Lipinski definition) is 6. The lowest BCUT2D eigenvalue weighted by Crippen LogP contribution is -1.81. The molecule has 28 heavy (non-hydrogen) atoms. The maximum atomic E-state index is 4.56. The molecule has 0 bridgehead atoms. The topological polar surface area (TPSA) is 25.8 Å². The molecule has 0 aliphatic heterocycles. The average molecular weight is 439 g/mol. The number of fused-ring (bicyclic) bond motifs is 1. The highest BCUT2D eigenvalue weighted by molar-refractivity contribution is 7.27. The van der Waals surface area contributed by atoms with Crippen molar-refractivity contribution in [2.75, 3.05) is 0 Å². The fraction of sp³-hybridized carbons (Fsp3) is 0.182. The fourth-order valence-electron chi connectivity index (χ4n) is 3.52. The van der Waals surface area contributed by atoms with Crippen molar-refractivity contribution in [3.8, 4) is 29.9 Å². The van der Waals surface area contributed by atoms with E-state index in [2.05, 4.69) is 72.8 Å². The summed E-state index contributed by atoms with van der Waals surface area (Å²) in [5.41, 5.74) is 7.12. The zero-order valence-electron chi connectivity index (χ0n) is 16.0. The highest BCUT2D eigenvalue weighted by Crippen LogP contribution is 2.45. The molecule has 6 heteroatoms. The average Bonchev–Trinajstić information content (AvgIpc) is 3.42. The lowest BCUT2D eigenvalue weighted by Gasteiger charge is -2.00. The Kier molecular flexibility index (Phi) is 4.47. The summed E-state index contributed by atoms with van der Waals surface area (Å²) in [7, 11) is 0. The summed E-state index contributed by atoms with van der Waals surface area (Å²) in [4.78, 5) is 8.10. The van der Waals surface area contributed by atoms with Crippen LogP contribution >= 0.6 is 45.7 Å². The Bertz CT molecular complexity index is 1320. The zero-order valence-corrected chi connectivity index (χ0v) is 19.3. The molecule has 4 aromatic heterocycles. The Morgan fingerprint density at radius 1 is 0.607 bits per heavy atom. The van der Waals surface area contributed by atoms with Crippen LogP contribution in [0, 0.1) is 27.7 Å². The monoisotopic (exact) mass is 438 g/mol. The van der Waals surface area contributed by atoms with E-state index in [4.69, 9.17) is 0 Å². The van der Waals surface area contributed by atoms with E-state index < -0.39 is 0 Å². The highest BCUT2D eigenvalue weighted by Gasteiger charge is 2.17. The summed E-state index contributed by atoms with van der Waals surface area (Å²) in [5, 5.41) is 0. The van der Waals surface area contributed by atoms with Gasteiger partial charge in [-0.3, -0.25) is 0 Å². The lowest BCUT2D eigenvalue weighted by atomic mass is 10.1. The standard InChI is InChI=1S/C22H18N2S4/c1-11-5-6-15(20-19(11)23-28-24-20)18-10-13(3)22(27-18)17-8-7-16(26-17)21-12(2)9-14(4)25-21/h5-10H,1-4H3. The molecule has 4 heterocycles. The predicted molar refractivity (Wildman–Crippen MR) is 126 cm³/mol. The summed E-state index contributed by atoms with van der Waals surface area (Å²) in [5.74, 6) is 0. The van der Waals surface area contributed by atoms with E-state index >= 15 is 0 Å². The molecule has 0 amide bonds. The van der Waals surface area contributed by atoms with Crippen LogP contribution in [0.25, 0.3) is 41.0 Å². The second-order valence-electron chi connectivity index (χ2n) is 7.05. The lowest BCUT2D eigenvalue weighted by molar-refractivity contribution is 1.48. The molecule has 0 saturated heterocycles. The summed E-state index contributed by atoms with van der Waals surface area (Å²) < 4.78 is 9.04. The van der Waals surface area contributed by atoms with Gasteiger partial charge in [0, 0.05) is 34.8 Å². The molecule has 1 aromatic carbocycles. The van der Waals surface area contributed by atoms with Crippen molar-refractivity contribution in [3.63, 3.8) is 0 Å². The fourth-order valence-corrected chi connectivity index (χ4v) is 7.72. The molecule has 0 atom stereocenters. The molecule has 0 saturated carbocycles. The summed E-state index contributed by atoms with van der Waals surface area (Å²) in [6.07, 6.45) is 0. The molecular formula is C22H18N2S4. The Morgan fingerprint density at radius 3 is 2.00 bits per heavy atom. The van der Waals surface area contributed by atoms with Gasteiger partial charge in [0.05, 0.1) is 11.7 Å². The van der Waals surface area contributed by atoms with Crippen LogP contribution in [0.5, 0.6) is 0 Å². The minimum absolute atomic E-state index is 1.02. The van der Waals surface area contributed by atoms with Gasteiger partial charge >= 0.3 is 0 Å². The Balaban J connectivity index is 1.58. The Labute approximate surface area is 180 Å². The number of benzene rings is 1. The molecule has 0 radical (unpaired) electrons. The molecule has 0 spiro atoms. The van der Waals surface area contributed by atoms with Crippen molar-refractivity contribution in [3.05, 3.63) is 58.0 Å². The van der Waals surface area contributed by atoms with Crippen molar-refractivity contribution in [2.45, 2.75) is 27.7 Å². The van der Waals surface area contributed by atoms with Crippen LogP contribution in [0.15, 0.2) is 36.4 Å². The van der Waals surface area contributed by atoms with Gasteiger partial charge in [-0.15, -0.1) is 34.0 Å². The SMILES string of the molecule is Cc1cc(C)c(-c2ccc(-c3sc(-c4ccc(C)c5nsnc45)cc3C)s2)s1. The minimum Gasteiger partial charge on any atom is -0.173 e. The molecule has 0 fully saturated rings. The van der Waals surface area contributed by atoms with Gasteiger partial charge in [0.1, 0.15) is 11.0 Å². The van der Waals surface area contributed by atoms with Crippen LogP contribution in [0.3, 0.4) is 0 Å². The Morgan fingerprint density at radius 2 is 1.29 bits per heavy atom. The van der Waals surface area contributed by atoms with Crippen LogP contribution < -0.4 is 0 Å². The molecule has 0 N–H and O–H groups in total. The van der Waals surface area contributed by atoms with Gasteiger partial charge in [-0.25, -0.2) is 0 Å². The van der Waals surface area contributed by atoms with Crippen molar-refractivity contribution in [1.29, 1.82) is 0 Å². The van der Waals surface area contributed by atoms with E-state index in [1.807, 2.05) is 34.0 Å². The molecular weight excluding hydrogens is 421 g/mol. The van der Waals surface area contributed by atoms with E-state index in [1.54, 1.807) is 0 Å². The maximum Gasteiger partial charge on any atom is 0.113 e. The van der Waals surface area contributed by atoms with Gasteiger partial charge in [0.2, 0.25) is 0 Å². The normalized spacial score (nSPS) is 11.6. The number of rotatable bonds is 3. The molecule has 0 aliphatic carbocycles. The van der Waals surface area contributed by atoms with Crippen molar-refractivity contribution in [2.24, 2.45) is 0 Å². The third kappa shape index (κ3) is 2.95. The molecule has 5 rings (SSSR count). The van der Waals surface area contributed by atoms with Crippen LogP contribution in [-0.4, -0.2) is 8.75 Å². The van der Waals surface area contributed by atoms with Gasteiger partial charge < -0.3 is 0 Å². The Hall–Kier alpha value is -1.86. The quantitative estimate of drug-likeness (QED) is 0.284. The van der Waals surface area contributed by atoms with Gasteiger partial charge in [-0.05, 0) is 68.7 Å². The van der Waals surface area contributed by atoms with Gasteiger partial charge in [0.15, 0.2) is 0 Å². The van der Waals surface area contributed by atoms with E-state index in [9.17, 15) is 0 Å². The van der Waals surface area contributed by atoms with E-state index in [0.717, 1.165) is 11.0 Å². The molecule has 0 unspecified atom stereocenters. The van der Waals surface area contributed by atoms with Crippen molar-refractivity contribution < 1.29 is 0 Å². The highest BCUT2D eigenvalue weighted by atomic mass is 32.1. The van der Waals surface area contributed by atoms with Crippen LogP contribution in [-0.2, 0) is 0 Å². The first-order chi connectivity index (χ1) is 13.5. The minimum atomic E-state index is 1.02. The third-order valence-electron chi connectivity index (χ3n) is 4.89. The van der Waals surface area contributed by atoms with Gasteiger partial charge in [-0.2, -0.15) is 8.75 Å². The molecule has 2 nitrogen and oxygen atoms in total. The summed E-state index contributed by atoms with van der Waals surface area (Å²) in [6, 6.07) is 13.4. The zero-order chi connectivity index (χ0) is 19.4. The van der Waals surface area contributed by atoms with Crippen molar-refractivity contribution >= 4 is 56.8 Å². The first-order valence-corrected chi connectivity index (χ1v) is 12.2. The second-order valence-corrected chi connectivity index (χ2v) is 11.0. The largest absolute Gasteiger partial charge is 0.173 e. The number of aromatic nitrogens is 2. The molecule has 140 valence electrons. The van der Waals surface area contributed by atoms with Crippen LogP contribution in [0.2, 0.25) is 0 Å². The van der Waals surface area contributed by atoms with Crippen LogP contribution in [0.1, 0.15) is 21.6 Å². The first kappa shape index (κ1) is 18.2. The number of hydrogen-bond donors (Lipinski definition) is 0. The second kappa shape index (κ2) is 6.88. The number of aryl methyl sites for hydroxylation is 4. The third-order valence-corrected chi connectivity index (χ3v) is 9.29. The molecule has 5 aromatic rings. The van der Waals surface area contributed by atoms with E-state index in [0.29, 0.717) is 0 Å². The molecule has 0 aliphatic rings. The van der Waals surface area contributed by atoms with Gasteiger partial charge in [0.25, 0.3) is 0 Å². The predicted octanol–water partition coefficient (Wildman–Crippen LogP) is 8.11. The van der Waals surface area contributed by atoms with Crippen LogP contribution in [0.4, 0.5) is 0 Å². The van der Waals surface area contributed by atoms with Crippen molar-refractivity contribution in [1.82, 2.24) is 8.75 Å². The smallest absolute Gasteiger partial charge is 0.113 e. The van der Waals surface area contributed by atoms with E-state index in [-0.39, 0.29) is 0 Å². The first-order valence-electron chi connectivity index (χ1n) is 9.01. The maximum absolute atomic E-state index is 4.56. The summed E-state index contributed by atoms with van der Waals surface area (Å²) >= 11 is 6.93. The number of thiophene rings is 3. The summed E-state index contributed by atoms with van der Waals surface area (Å²) in [6.45, 7) is 8.69. The van der Waals surface area contributed by atoms with E-state index in [1.165, 1.54) is 63.2 Å². The van der Waals surface area contributed by atoms with Gasteiger partial charge in [-0.1, -0.05) is 12.1 Å². The number of nitrogens with zero attached hydrogens (tertiary/aromatic N) is 2.